The van der Waals surface area contributed by atoms with Gasteiger partial charge in [0.2, 0.25) is 0 Å². The minimum absolute atomic E-state index is 0.317. The van der Waals surface area contributed by atoms with Crippen LogP contribution in [0.15, 0.2) is 52.6 Å². The Balaban J connectivity index is 1.13. The van der Waals surface area contributed by atoms with Crippen molar-refractivity contribution in [2.75, 3.05) is 41.7 Å². The van der Waals surface area contributed by atoms with Crippen LogP contribution in [0.3, 0.4) is 0 Å². The van der Waals surface area contributed by atoms with E-state index in [2.05, 4.69) is 44.1 Å². The van der Waals surface area contributed by atoms with Crippen LogP contribution in [0.1, 0.15) is 24.0 Å². The Hall–Kier alpha value is -2.65. The van der Waals surface area contributed by atoms with Crippen molar-refractivity contribution in [3.8, 4) is 0 Å². The summed E-state index contributed by atoms with van der Waals surface area (Å²) in [5.41, 5.74) is 9.62. The van der Waals surface area contributed by atoms with Crippen molar-refractivity contribution in [3.05, 3.63) is 58.9 Å². The maximum Gasteiger partial charge on any atom is 0.282 e. The average molecular weight is 515 g/mol. The fourth-order valence-corrected chi connectivity index (χ4v) is 6.55. The van der Waals surface area contributed by atoms with Gasteiger partial charge < -0.3 is 15.5 Å². The normalized spacial score (nSPS) is 20.1. The number of pyridine rings is 1. The molecule has 1 aliphatic carbocycles. The van der Waals surface area contributed by atoms with E-state index in [-0.39, 0.29) is 13.1 Å². The van der Waals surface area contributed by atoms with Gasteiger partial charge in [0.1, 0.15) is 16.7 Å². The smallest absolute Gasteiger partial charge is 0.282 e. The van der Waals surface area contributed by atoms with E-state index in [0.29, 0.717) is 32.0 Å². The monoisotopic (exact) mass is 514 g/mol. The summed E-state index contributed by atoms with van der Waals surface area (Å²) in [7, 11) is 0. The van der Waals surface area contributed by atoms with Gasteiger partial charge in [-0.25, -0.2) is 23.7 Å². The number of aromatic nitrogens is 3. The summed E-state index contributed by atoms with van der Waals surface area (Å²) in [4.78, 5) is 17.8. The number of anilines is 3. The fourth-order valence-electron chi connectivity index (χ4n) is 5.43. The van der Waals surface area contributed by atoms with Crippen LogP contribution in [0.25, 0.3) is 0 Å². The predicted octanol–water partition coefficient (Wildman–Crippen LogP) is 5.10. The predicted molar refractivity (Wildman–Crippen MR) is 135 cm³/mol. The summed E-state index contributed by atoms with van der Waals surface area (Å²) in [6.07, 6.45) is 7.86. The molecule has 1 aromatic carbocycles. The van der Waals surface area contributed by atoms with Gasteiger partial charge in [-0.15, -0.1) is 0 Å². The molecule has 2 fully saturated rings. The molecule has 182 valence electrons. The molecule has 1 spiro atoms. The summed E-state index contributed by atoms with van der Waals surface area (Å²) >= 11 is 7.76. The Morgan fingerprint density at radius 1 is 0.971 bits per heavy atom. The van der Waals surface area contributed by atoms with E-state index in [0.717, 1.165) is 44.6 Å². The number of hydrogen-bond donors (Lipinski definition) is 1. The molecule has 0 unspecified atom stereocenters. The van der Waals surface area contributed by atoms with E-state index in [1.54, 1.807) is 18.5 Å². The minimum atomic E-state index is -2.70. The maximum atomic E-state index is 13.3. The number of piperidine rings is 1. The zero-order valence-electron chi connectivity index (χ0n) is 19.1. The summed E-state index contributed by atoms with van der Waals surface area (Å²) in [6, 6.07) is 10.5. The summed E-state index contributed by atoms with van der Waals surface area (Å²) in [6.45, 7) is 1.09. The molecule has 0 bridgehead atoms. The maximum absolute atomic E-state index is 13.3. The Bertz CT molecular complexity index is 1250. The van der Waals surface area contributed by atoms with Gasteiger partial charge in [-0.3, -0.25) is 0 Å². The Kier molecular flexibility index (Phi) is 5.52. The van der Waals surface area contributed by atoms with Gasteiger partial charge in [-0.2, -0.15) is 0 Å². The number of nitrogen functional groups attached to an aromatic ring is 1. The quantitative estimate of drug-likeness (QED) is 0.519. The molecule has 35 heavy (non-hydrogen) atoms. The highest BCUT2D eigenvalue weighted by atomic mass is 35.5. The van der Waals surface area contributed by atoms with Gasteiger partial charge in [0.25, 0.3) is 5.92 Å². The van der Waals surface area contributed by atoms with Crippen molar-refractivity contribution in [2.45, 2.75) is 41.5 Å². The first-order valence-corrected chi connectivity index (χ1v) is 12.9. The molecule has 0 amide bonds. The van der Waals surface area contributed by atoms with Crippen molar-refractivity contribution in [1.82, 2.24) is 15.0 Å². The summed E-state index contributed by atoms with van der Waals surface area (Å²) < 4.78 is 26.6. The number of nitrogens with zero attached hydrogens (tertiary/aromatic N) is 5. The van der Waals surface area contributed by atoms with Crippen LogP contribution >= 0.6 is 23.4 Å². The third-order valence-electron chi connectivity index (χ3n) is 7.33. The van der Waals surface area contributed by atoms with Crippen LogP contribution in [0.5, 0.6) is 0 Å². The van der Waals surface area contributed by atoms with Gasteiger partial charge in [-0.05, 0) is 48.3 Å². The van der Waals surface area contributed by atoms with Gasteiger partial charge >= 0.3 is 0 Å². The highest BCUT2D eigenvalue weighted by Crippen LogP contribution is 2.45. The van der Waals surface area contributed by atoms with Crippen LogP contribution < -0.4 is 15.5 Å². The van der Waals surface area contributed by atoms with Crippen LogP contribution in [-0.4, -0.2) is 47.1 Å². The van der Waals surface area contributed by atoms with Gasteiger partial charge in [-0.1, -0.05) is 47.6 Å². The molecule has 0 radical (unpaired) electrons. The SMILES string of the molecule is Nc1nc(N2CCC3(CC2)Cc2ccccc2C3)cnc1Sc1ccnc(N2CC(F)(F)C2)c1Cl. The Morgan fingerprint density at radius 2 is 1.66 bits per heavy atom. The number of hydrogen-bond acceptors (Lipinski definition) is 7. The molecule has 2 aromatic heterocycles. The summed E-state index contributed by atoms with van der Waals surface area (Å²) in [5.74, 6) is -1.25. The molecule has 0 atom stereocenters. The largest absolute Gasteiger partial charge is 0.381 e. The van der Waals surface area contributed by atoms with Crippen LogP contribution in [0.2, 0.25) is 5.02 Å². The van der Waals surface area contributed by atoms with Crippen LogP contribution in [-0.2, 0) is 12.8 Å². The zero-order chi connectivity index (χ0) is 24.2. The number of fused-ring (bicyclic) bond motifs is 1. The van der Waals surface area contributed by atoms with Gasteiger partial charge in [0, 0.05) is 24.2 Å². The summed E-state index contributed by atoms with van der Waals surface area (Å²) in [5, 5.41) is 0.846. The molecule has 4 heterocycles. The van der Waals surface area contributed by atoms with E-state index < -0.39 is 5.92 Å². The molecule has 2 aliphatic heterocycles. The second-order valence-electron chi connectivity index (χ2n) is 9.79. The lowest BCUT2D eigenvalue weighted by atomic mass is 9.76. The number of rotatable bonds is 4. The lowest BCUT2D eigenvalue weighted by molar-refractivity contribution is -0.0267. The van der Waals surface area contributed by atoms with E-state index in [1.165, 1.54) is 27.8 Å². The molecule has 2 saturated heterocycles. The molecule has 10 heteroatoms. The second-order valence-corrected chi connectivity index (χ2v) is 11.2. The van der Waals surface area contributed by atoms with Gasteiger partial charge in [0.15, 0.2) is 5.82 Å². The number of nitrogens with two attached hydrogens (primary N) is 1. The lowest BCUT2D eigenvalue weighted by Gasteiger charge is -2.40. The Labute approximate surface area is 211 Å². The Morgan fingerprint density at radius 3 is 2.29 bits per heavy atom. The first kappa shape index (κ1) is 22.8. The second kappa shape index (κ2) is 8.48. The highest BCUT2D eigenvalue weighted by molar-refractivity contribution is 7.99. The van der Waals surface area contributed by atoms with Crippen molar-refractivity contribution >= 4 is 40.8 Å². The average Bonchev–Trinajstić information content (AvgIpc) is 3.18. The molecule has 2 N–H and O–H groups in total. The van der Waals surface area contributed by atoms with E-state index in [1.807, 2.05) is 0 Å². The molecule has 0 saturated carbocycles. The topological polar surface area (TPSA) is 71.2 Å². The molecule has 6 rings (SSSR count). The standard InChI is InChI=1S/C25H25ClF2N6S/c26-20-18(5-8-30-22(20)34-14-25(27,28)15-34)35-23-21(29)32-19(13-31-23)33-9-6-24(7-10-33)11-16-3-1-2-4-17(16)12-24/h1-5,8,13H,6-7,9-12,14-15H2,(H2,29,32). The third kappa shape index (κ3) is 4.29. The van der Waals surface area contributed by atoms with Crippen molar-refractivity contribution in [1.29, 1.82) is 0 Å². The van der Waals surface area contributed by atoms with E-state index in [9.17, 15) is 8.78 Å². The zero-order valence-corrected chi connectivity index (χ0v) is 20.6. The first-order valence-electron chi connectivity index (χ1n) is 11.7. The molecule has 3 aliphatic rings. The highest BCUT2D eigenvalue weighted by Gasteiger charge is 2.45. The van der Waals surface area contributed by atoms with Crippen molar-refractivity contribution in [3.63, 3.8) is 0 Å². The van der Waals surface area contributed by atoms with E-state index in [4.69, 9.17) is 17.3 Å². The molecule has 3 aromatic rings. The lowest BCUT2D eigenvalue weighted by Crippen LogP contribution is -2.56. The number of alkyl halides is 2. The van der Waals surface area contributed by atoms with Gasteiger partial charge in [0.05, 0.1) is 24.3 Å². The fraction of sp³-hybridized carbons (Fsp3) is 0.400. The molecular weight excluding hydrogens is 490 g/mol. The minimum Gasteiger partial charge on any atom is -0.381 e. The first-order chi connectivity index (χ1) is 16.8. The van der Waals surface area contributed by atoms with Crippen molar-refractivity contribution in [2.24, 2.45) is 5.41 Å². The van der Waals surface area contributed by atoms with Crippen molar-refractivity contribution < 1.29 is 8.78 Å². The van der Waals surface area contributed by atoms with E-state index >= 15 is 0 Å². The van der Waals surface area contributed by atoms with Crippen LogP contribution in [0.4, 0.5) is 26.2 Å². The van der Waals surface area contributed by atoms with Crippen LogP contribution in [0, 0.1) is 5.41 Å². The number of halogens is 3. The molecule has 6 nitrogen and oxygen atoms in total. The number of benzene rings is 1. The third-order valence-corrected chi connectivity index (χ3v) is 8.89. The molecular formula is C25H25ClF2N6S.